The van der Waals surface area contributed by atoms with Gasteiger partial charge in [-0.2, -0.15) is 4.98 Å². The molecule has 2 saturated heterocycles. The molecule has 2 fully saturated rings. The zero-order valence-corrected chi connectivity index (χ0v) is 15.7. The van der Waals surface area contributed by atoms with Gasteiger partial charge in [0, 0.05) is 53.7 Å². The molecule has 140 valence electrons. The summed E-state index contributed by atoms with van der Waals surface area (Å²) in [6.45, 7) is 5.11. The molecule has 0 spiro atoms. The fourth-order valence-electron chi connectivity index (χ4n) is 3.82. The van der Waals surface area contributed by atoms with E-state index in [1.165, 1.54) is 5.69 Å². The van der Waals surface area contributed by atoms with E-state index in [0.29, 0.717) is 24.7 Å². The lowest BCUT2D eigenvalue weighted by Crippen LogP contribution is -2.59. The number of hydrogen-bond donors (Lipinski definition) is 0. The van der Waals surface area contributed by atoms with E-state index in [1.807, 2.05) is 37.1 Å². The van der Waals surface area contributed by atoms with Gasteiger partial charge in [-0.25, -0.2) is 4.98 Å². The number of carbonyl (C=O) groups excluding carboxylic acids is 1. The van der Waals surface area contributed by atoms with Gasteiger partial charge in [0.1, 0.15) is 0 Å². The van der Waals surface area contributed by atoms with Crippen molar-refractivity contribution in [1.29, 1.82) is 0 Å². The highest BCUT2D eigenvalue weighted by molar-refractivity contribution is 5.80. The van der Waals surface area contributed by atoms with Crippen molar-refractivity contribution in [2.45, 2.75) is 31.8 Å². The second-order valence-corrected chi connectivity index (χ2v) is 7.48. The molecule has 0 radical (unpaired) electrons. The minimum atomic E-state index is 0.0254. The summed E-state index contributed by atoms with van der Waals surface area (Å²) in [4.78, 5) is 27.5. The van der Waals surface area contributed by atoms with Crippen molar-refractivity contribution in [3.05, 3.63) is 23.6 Å². The number of aryl methyl sites for hydroxylation is 1. The first kappa shape index (κ1) is 17.0. The molecule has 0 aromatic carbocycles. The lowest BCUT2D eigenvalue weighted by Gasteiger charge is -2.44. The van der Waals surface area contributed by atoms with Crippen molar-refractivity contribution in [3.8, 4) is 0 Å². The van der Waals surface area contributed by atoms with Crippen molar-refractivity contribution >= 4 is 11.9 Å². The predicted molar refractivity (Wildman–Crippen MR) is 94.7 cm³/mol. The van der Waals surface area contributed by atoms with Crippen LogP contribution < -0.4 is 4.90 Å². The number of hydrogen-bond acceptors (Lipinski definition) is 7. The molecule has 0 bridgehead atoms. The molecule has 2 aliphatic heterocycles. The monoisotopic (exact) mass is 359 g/mol. The number of carbonyl (C=O) groups is 1. The summed E-state index contributed by atoms with van der Waals surface area (Å²) in [5.74, 6) is 2.36. The lowest BCUT2D eigenvalue weighted by atomic mass is 10.1. The molecule has 9 nitrogen and oxygen atoms in total. The first-order valence-electron chi connectivity index (χ1n) is 8.92. The standard InChI is InChI=1S/C17H25N7O2/c1-11-19-16(26-20-11)12-5-15(25)24(7-12)14-9-23(10-14)8-13-6-18-17(21(2)3)22(13)4/h6,12,14H,5,7-10H2,1-4H3. The topological polar surface area (TPSA) is 83.5 Å². The van der Waals surface area contributed by atoms with Crippen molar-refractivity contribution in [2.75, 3.05) is 38.6 Å². The van der Waals surface area contributed by atoms with Gasteiger partial charge in [-0.3, -0.25) is 9.69 Å². The van der Waals surface area contributed by atoms with Crippen LogP contribution in [0.2, 0.25) is 0 Å². The van der Waals surface area contributed by atoms with Gasteiger partial charge >= 0.3 is 0 Å². The molecule has 2 aliphatic rings. The Kier molecular flexibility index (Phi) is 4.18. The van der Waals surface area contributed by atoms with Gasteiger partial charge in [0.25, 0.3) is 0 Å². The van der Waals surface area contributed by atoms with Crippen molar-refractivity contribution in [1.82, 2.24) is 29.5 Å². The molecule has 2 aromatic rings. The Bertz CT molecular complexity index is 806. The van der Waals surface area contributed by atoms with Crippen LogP contribution in [-0.2, 0) is 18.4 Å². The number of likely N-dealkylation sites (tertiary alicyclic amines) is 2. The molecule has 4 rings (SSSR count). The molecule has 26 heavy (non-hydrogen) atoms. The van der Waals surface area contributed by atoms with Gasteiger partial charge < -0.3 is 18.9 Å². The summed E-state index contributed by atoms with van der Waals surface area (Å²) in [5, 5.41) is 3.84. The van der Waals surface area contributed by atoms with Crippen LogP contribution >= 0.6 is 0 Å². The smallest absolute Gasteiger partial charge is 0.232 e. The Hall–Kier alpha value is -2.42. The maximum atomic E-state index is 12.4. The first-order valence-corrected chi connectivity index (χ1v) is 8.92. The summed E-state index contributed by atoms with van der Waals surface area (Å²) < 4.78 is 7.36. The summed E-state index contributed by atoms with van der Waals surface area (Å²) in [5.41, 5.74) is 1.18. The quantitative estimate of drug-likeness (QED) is 0.763. The van der Waals surface area contributed by atoms with Crippen LogP contribution in [0.15, 0.2) is 10.7 Å². The molecule has 1 unspecified atom stereocenters. The van der Waals surface area contributed by atoms with Crippen LogP contribution in [0.4, 0.5) is 5.95 Å². The molecule has 1 amide bonds. The van der Waals surface area contributed by atoms with Crippen LogP contribution in [0.1, 0.15) is 29.7 Å². The second-order valence-electron chi connectivity index (χ2n) is 7.48. The molecule has 4 heterocycles. The Morgan fingerprint density at radius 1 is 1.31 bits per heavy atom. The van der Waals surface area contributed by atoms with Crippen molar-refractivity contribution in [3.63, 3.8) is 0 Å². The Morgan fingerprint density at radius 3 is 2.69 bits per heavy atom. The van der Waals surface area contributed by atoms with E-state index < -0.39 is 0 Å². The third-order valence-corrected chi connectivity index (χ3v) is 5.28. The van der Waals surface area contributed by atoms with E-state index in [2.05, 4.69) is 24.6 Å². The first-order chi connectivity index (χ1) is 12.4. The van der Waals surface area contributed by atoms with Gasteiger partial charge in [0.15, 0.2) is 5.82 Å². The Labute approximate surface area is 152 Å². The number of imidazole rings is 1. The van der Waals surface area contributed by atoms with E-state index in [0.717, 1.165) is 25.6 Å². The molecule has 2 aromatic heterocycles. The number of aromatic nitrogens is 4. The summed E-state index contributed by atoms with van der Waals surface area (Å²) >= 11 is 0. The zero-order chi connectivity index (χ0) is 18.4. The highest BCUT2D eigenvalue weighted by atomic mass is 16.5. The van der Waals surface area contributed by atoms with E-state index in [1.54, 1.807) is 6.92 Å². The van der Waals surface area contributed by atoms with E-state index in [-0.39, 0.29) is 17.9 Å². The number of anilines is 1. The van der Waals surface area contributed by atoms with E-state index in [4.69, 9.17) is 4.52 Å². The average molecular weight is 359 g/mol. The molecule has 0 aliphatic carbocycles. The van der Waals surface area contributed by atoms with E-state index >= 15 is 0 Å². The minimum absolute atomic E-state index is 0.0254. The van der Waals surface area contributed by atoms with Gasteiger partial charge in [0.2, 0.25) is 17.7 Å². The predicted octanol–water partition coefficient (Wildman–Crippen LogP) is 0.378. The number of nitrogens with zero attached hydrogens (tertiary/aromatic N) is 7. The molecule has 1 atom stereocenters. The normalized spacial score (nSPS) is 21.5. The molecular weight excluding hydrogens is 334 g/mol. The number of rotatable bonds is 5. The fourth-order valence-corrected chi connectivity index (χ4v) is 3.82. The minimum Gasteiger partial charge on any atom is -0.348 e. The van der Waals surface area contributed by atoms with Crippen LogP contribution in [0.25, 0.3) is 0 Å². The Morgan fingerprint density at radius 2 is 2.08 bits per heavy atom. The van der Waals surface area contributed by atoms with Crippen molar-refractivity contribution < 1.29 is 9.32 Å². The molecule has 0 N–H and O–H groups in total. The van der Waals surface area contributed by atoms with E-state index in [9.17, 15) is 4.79 Å². The zero-order valence-electron chi connectivity index (χ0n) is 15.7. The number of amides is 1. The highest BCUT2D eigenvalue weighted by Gasteiger charge is 2.42. The maximum Gasteiger partial charge on any atom is 0.232 e. The SMILES string of the molecule is Cc1noc(C2CC(=O)N(C3CN(Cc4cnc(N(C)C)n4C)C3)C2)n1. The average Bonchev–Trinajstić information content (AvgIpc) is 3.23. The van der Waals surface area contributed by atoms with Crippen LogP contribution in [0.5, 0.6) is 0 Å². The van der Waals surface area contributed by atoms with Gasteiger partial charge in [-0.15, -0.1) is 0 Å². The summed E-state index contributed by atoms with van der Waals surface area (Å²) in [7, 11) is 6.02. The maximum absolute atomic E-state index is 12.4. The second kappa shape index (κ2) is 6.39. The highest BCUT2D eigenvalue weighted by Crippen LogP contribution is 2.31. The van der Waals surface area contributed by atoms with Gasteiger partial charge in [-0.1, -0.05) is 5.16 Å². The van der Waals surface area contributed by atoms with Crippen LogP contribution in [0, 0.1) is 6.92 Å². The summed E-state index contributed by atoms with van der Waals surface area (Å²) in [6.07, 6.45) is 2.39. The fraction of sp³-hybridized carbons (Fsp3) is 0.647. The van der Waals surface area contributed by atoms with Crippen molar-refractivity contribution in [2.24, 2.45) is 7.05 Å². The van der Waals surface area contributed by atoms with Crippen LogP contribution in [-0.4, -0.2) is 75.2 Å². The molecular formula is C17H25N7O2. The molecule has 0 saturated carbocycles. The summed E-state index contributed by atoms with van der Waals surface area (Å²) in [6, 6.07) is 0.276. The lowest BCUT2D eigenvalue weighted by molar-refractivity contribution is -0.133. The molecule has 9 heteroatoms. The third kappa shape index (κ3) is 2.96. The van der Waals surface area contributed by atoms with Crippen LogP contribution in [0.3, 0.4) is 0 Å². The van der Waals surface area contributed by atoms with Gasteiger partial charge in [0.05, 0.1) is 23.9 Å². The van der Waals surface area contributed by atoms with Gasteiger partial charge in [-0.05, 0) is 6.92 Å². The third-order valence-electron chi connectivity index (χ3n) is 5.28. The Balaban J connectivity index is 1.33. The largest absolute Gasteiger partial charge is 0.348 e.